The van der Waals surface area contributed by atoms with E-state index in [0.29, 0.717) is 25.3 Å². The number of benzene rings is 1. The SMILES string of the molecule is O=C1CCC(C(=O)N2CCC(CCn3cccn3)CC2)CN1CCCc1ccccc1. The lowest BCUT2D eigenvalue weighted by atomic mass is 9.91. The number of amides is 2. The standard InChI is InChI=1S/C25H34N4O2/c30-24-10-9-23(20-28(24)15-4-8-21-6-2-1-3-7-21)25(31)27-17-11-22(12-18-27)13-19-29-16-5-14-26-29/h1-3,5-7,14,16,22-23H,4,8-13,15,17-20H2. The molecular formula is C25H34N4O2. The van der Waals surface area contributed by atoms with Crippen LogP contribution in [0.15, 0.2) is 48.8 Å². The fourth-order valence-electron chi connectivity index (χ4n) is 4.90. The Morgan fingerprint density at radius 1 is 1.03 bits per heavy atom. The molecule has 6 nitrogen and oxygen atoms in total. The summed E-state index contributed by atoms with van der Waals surface area (Å²) >= 11 is 0. The van der Waals surface area contributed by atoms with Gasteiger partial charge in [0.2, 0.25) is 11.8 Å². The van der Waals surface area contributed by atoms with Crippen LogP contribution in [0.1, 0.15) is 44.1 Å². The lowest BCUT2D eigenvalue weighted by Crippen LogP contribution is -2.49. The second-order valence-electron chi connectivity index (χ2n) is 8.99. The van der Waals surface area contributed by atoms with Gasteiger partial charge in [0.05, 0.1) is 5.92 Å². The molecule has 0 radical (unpaired) electrons. The van der Waals surface area contributed by atoms with Crippen molar-refractivity contribution in [3.63, 3.8) is 0 Å². The smallest absolute Gasteiger partial charge is 0.227 e. The van der Waals surface area contributed by atoms with Gasteiger partial charge >= 0.3 is 0 Å². The molecule has 3 heterocycles. The van der Waals surface area contributed by atoms with E-state index in [9.17, 15) is 9.59 Å². The summed E-state index contributed by atoms with van der Waals surface area (Å²) in [4.78, 5) is 29.5. The molecule has 0 N–H and O–H groups in total. The number of aryl methyl sites for hydroxylation is 2. The molecule has 0 saturated carbocycles. The molecular weight excluding hydrogens is 388 g/mol. The second-order valence-corrected chi connectivity index (χ2v) is 8.99. The highest BCUT2D eigenvalue weighted by molar-refractivity contribution is 5.84. The third kappa shape index (κ3) is 5.96. The van der Waals surface area contributed by atoms with Crippen LogP contribution in [0.25, 0.3) is 0 Å². The predicted molar refractivity (Wildman–Crippen MR) is 120 cm³/mol. The first-order chi connectivity index (χ1) is 15.2. The number of nitrogens with zero attached hydrogens (tertiary/aromatic N) is 4. The first-order valence-electron chi connectivity index (χ1n) is 11.8. The van der Waals surface area contributed by atoms with E-state index in [1.807, 2.05) is 39.0 Å². The van der Waals surface area contributed by atoms with Crippen molar-refractivity contribution >= 4 is 11.8 Å². The monoisotopic (exact) mass is 422 g/mol. The quantitative estimate of drug-likeness (QED) is 0.655. The summed E-state index contributed by atoms with van der Waals surface area (Å²) < 4.78 is 1.99. The first-order valence-corrected chi connectivity index (χ1v) is 11.8. The van der Waals surface area contributed by atoms with Gasteiger partial charge in [-0.3, -0.25) is 14.3 Å². The molecule has 2 aliphatic rings. The van der Waals surface area contributed by atoms with E-state index >= 15 is 0 Å². The topological polar surface area (TPSA) is 58.4 Å². The average molecular weight is 423 g/mol. The second kappa shape index (κ2) is 10.6. The fraction of sp³-hybridized carbons (Fsp3) is 0.560. The van der Waals surface area contributed by atoms with Crippen LogP contribution >= 0.6 is 0 Å². The van der Waals surface area contributed by atoms with Gasteiger partial charge in [0.15, 0.2) is 0 Å². The Kier molecular flexibility index (Phi) is 7.39. The molecule has 2 aliphatic heterocycles. The lowest BCUT2D eigenvalue weighted by molar-refractivity contribution is -0.144. The molecule has 1 unspecified atom stereocenters. The number of carbonyl (C=O) groups is 2. The molecule has 166 valence electrons. The van der Waals surface area contributed by atoms with Gasteiger partial charge in [-0.05, 0) is 56.1 Å². The van der Waals surface area contributed by atoms with Gasteiger partial charge < -0.3 is 9.80 Å². The van der Waals surface area contributed by atoms with Gasteiger partial charge in [-0.2, -0.15) is 5.10 Å². The third-order valence-electron chi connectivity index (χ3n) is 6.84. The summed E-state index contributed by atoms with van der Waals surface area (Å²) in [7, 11) is 0. The number of aromatic nitrogens is 2. The normalized spacial score (nSPS) is 20.3. The lowest BCUT2D eigenvalue weighted by Gasteiger charge is -2.38. The zero-order valence-corrected chi connectivity index (χ0v) is 18.4. The maximum Gasteiger partial charge on any atom is 0.227 e. The van der Waals surface area contributed by atoms with Crippen LogP contribution in [-0.2, 0) is 22.6 Å². The summed E-state index contributed by atoms with van der Waals surface area (Å²) in [6, 6.07) is 12.3. The van der Waals surface area contributed by atoms with E-state index in [4.69, 9.17) is 0 Å². The molecule has 31 heavy (non-hydrogen) atoms. The van der Waals surface area contributed by atoms with Crippen LogP contribution in [0.5, 0.6) is 0 Å². The Hall–Kier alpha value is -2.63. The van der Waals surface area contributed by atoms with E-state index in [2.05, 4.69) is 29.4 Å². The van der Waals surface area contributed by atoms with Gasteiger partial charge in [0, 0.05) is 51.5 Å². The predicted octanol–water partition coefficient (Wildman–Crippen LogP) is 3.38. The van der Waals surface area contributed by atoms with E-state index in [0.717, 1.165) is 58.3 Å². The van der Waals surface area contributed by atoms with Crippen molar-refractivity contribution in [2.75, 3.05) is 26.2 Å². The van der Waals surface area contributed by atoms with Crippen LogP contribution in [0, 0.1) is 11.8 Å². The van der Waals surface area contributed by atoms with Gasteiger partial charge in [0.25, 0.3) is 0 Å². The Labute approximate surface area is 185 Å². The number of hydrogen-bond donors (Lipinski definition) is 0. The molecule has 1 aromatic carbocycles. The Bertz CT molecular complexity index is 828. The van der Waals surface area contributed by atoms with Gasteiger partial charge in [-0.15, -0.1) is 0 Å². The average Bonchev–Trinajstić information content (AvgIpc) is 3.33. The molecule has 2 aromatic rings. The molecule has 2 fully saturated rings. The van der Waals surface area contributed by atoms with Crippen molar-refractivity contribution < 1.29 is 9.59 Å². The molecule has 2 amide bonds. The molecule has 4 rings (SSSR count). The van der Waals surface area contributed by atoms with Crippen LogP contribution in [-0.4, -0.2) is 57.6 Å². The largest absolute Gasteiger partial charge is 0.342 e. The number of piperidine rings is 2. The number of rotatable bonds is 8. The number of carbonyl (C=O) groups excluding carboxylic acids is 2. The summed E-state index contributed by atoms with van der Waals surface area (Å²) in [6.07, 6.45) is 10.2. The zero-order valence-electron chi connectivity index (χ0n) is 18.4. The van der Waals surface area contributed by atoms with E-state index < -0.39 is 0 Å². The Morgan fingerprint density at radius 3 is 2.58 bits per heavy atom. The zero-order chi connectivity index (χ0) is 21.5. The van der Waals surface area contributed by atoms with E-state index in [1.54, 1.807) is 0 Å². The summed E-state index contributed by atoms with van der Waals surface area (Å²) in [5.41, 5.74) is 1.30. The molecule has 1 atom stereocenters. The summed E-state index contributed by atoms with van der Waals surface area (Å²) in [6.45, 7) is 3.98. The first kappa shape index (κ1) is 21.6. The highest BCUT2D eigenvalue weighted by Gasteiger charge is 2.33. The molecule has 0 spiro atoms. The minimum atomic E-state index is -0.0324. The van der Waals surface area contributed by atoms with Gasteiger partial charge in [-0.1, -0.05) is 30.3 Å². The van der Waals surface area contributed by atoms with Gasteiger partial charge in [-0.25, -0.2) is 0 Å². The molecule has 0 bridgehead atoms. The van der Waals surface area contributed by atoms with Gasteiger partial charge in [0.1, 0.15) is 0 Å². The minimum absolute atomic E-state index is 0.0324. The Morgan fingerprint density at radius 2 is 1.84 bits per heavy atom. The molecule has 2 saturated heterocycles. The number of hydrogen-bond acceptors (Lipinski definition) is 3. The van der Waals surface area contributed by atoms with Crippen molar-refractivity contribution in [2.24, 2.45) is 11.8 Å². The minimum Gasteiger partial charge on any atom is -0.342 e. The van der Waals surface area contributed by atoms with Crippen molar-refractivity contribution in [1.29, 1.82) is 0 Å². The fourth-order valence-corrected chi connectivity index (χ4v) is 4.90. The maximum absolute atomic E-state index is 13.1. The van der Waals surface area contributed by atoms with E-state index in [-0.39, 0.29) is 17.7 Å². The highest BCUT2D eigenvalue weighted by Crippen LogP contribution is 2.25. The molecule has 0 aliphatic carbocycles. The molecule has 1 aromatic heterocycles. The summed E-state index contributed by atoms with van der Waals surface area (Å²) in [5, 5.41) is 4.28. The van der Waals surface area contributed by atoms with Crippen molar-refractivity contribution in [1.82, 2.24) is 19.6 Å². The van der Waals surface area contributed by atoms with Crippen molar-refractivity contribution in [3.05, 3.63) is 54.4 Å². The summed E-state index contributed by atoms with van der Waals surface area (Å²) in [5.74, 6) is 1.09. The van der Waals surface area contributed by atoms with Crippen LogP contribution in [0.3, 0.4) is 0 Å². The molecule has 6 heteroatoms. The number of likely N-dealkylation sites (tertiary alicyclic amines) is 2. The Balaban J connectivity index is 1.20. The van der Waals surface area contributed by atoms with Crippen molar-refractivity contribution in [3.8, 4) is 0 Å². The third-order valence-corrected chi connectivity index (χ3v) is 6.84. The maximum atomic E-state index is 13.1. The van der Waals surface area contributed by atoms with E-state index in [1.165, 1.54) is 5.56 Å². The van der Waals surface area contributed by atoms with Crippen molar-refractivity contribution in [2.45, 2.75) is 51.5 Å². The van der Waals surface area contributed by atoms with Crippen LogP contribution in [0.4, 0.5) is 0 Å². The van der Waals surface area contributed by atoms with Crippen LogP contribution < -0.4 is 0 Å². The van der Waals surface area contributed by atoms with Crippen LogP contribution in [0.2, 0.25) is 0 Å². The highest BCUT2D eigenvalue weighted by atomic mass is 16.2.